The monoisotopic (exact) mass is 279 g/mol. The standard InChI is InChI=1S/C16H25NO3/c1-5-11-10-17-9-8-12(11)13-6-7-14(18-2)16(20-4)15(13)19-3/h6-7,11-12,17H,5,8-10H2,1-4H3. The molecule has 0 spiro atoms. The van der Waals surface area contributed by atoms with Crippen molar-refractivity contribution in [3.8, 4) is 17.2 Å². The molecule has 20 heavy (non-hydrogen) atoms. The van der Waals surface area contributed by atoms with Gasteiger partial charge in [-0.15, -0.1) is 0 Å². The van der Waals surface area contributed by atoms with Crippen LogP contribution in [0.3, 0.4) is 0 Å². The fraction of sp³-hybridized carbons (Fsp3) is 0.625. The molecule has 1 aliphatic heterocycles. The number of hydrogen-bond donors (Lipinski definition) is 1. The highest BCUT2D eigenvalue weighted by atomic mass is 16.5. The Labute approximate surface area is 121 Å². The predicted molar refractivity (Wildman–Crippen MR) is 80.1 cm³/mol. The molecule has 2 rings (SSSR count). The molecule has 0 bridgehead atoms. The maximum atomic E-state index is 5.63. The van der Waals surface area contributed by atoms with Gasteiger partial charge in [0.2, 0.25) is 5.75 Å². The predicted octanol–water partition coefficient (Wildman–Crippen LogP) is 2.82. The molecule has 0 saturated carbocycles. The van der Waals surface area contributed by atoms with Gasteiger partial charge in [0, 0.05) is 5.56 Å². The van der Waals surface area contributed by atoms with Gasteiger partial charge in [0.15, 0.2) is 11.5 Å². The molecule has 4 heteroatoms. The summed E-state index contributed by atoms with van der Waals surface area (Å²) in [5.41, 5.74) is 1.23. The lowest BCUT2D eigenvalue weighted by atomic mass is 9.79. The van der Waals surface area contributed by atoms with Crippen LogP contribution in [0.4, 0.5) is 0 Å². The fourth-order valence-corrected chi connectivity index (χ4v) is 3.18. The smallest absolute Gasteiger partial charge is 0.203 e. The summed E-state index contributed by atoms with van der Waals surface area (Å²) in [6.07, 6.45) is 2.29. The lowest BCUT2D eigenvalue weighted by Gasteiger charge is -2.33. The molecule has 1 heterocycles. The summed E-state index contributed by atoms with van der Waals surface area (Å²) < 4.78 is 16.5. The van der Waals surface area contributed by atoms with E-state index in [4.69, 9.17) is 14.2 Å². The quantitative estimate of drug-likeness (QED) is 0.899. The maximum Gasteiger partial charge on any atom is 0.203 e. The topological polar surface area (TPSA) is 39.7 Å². The highest BCUT2D eigenvalue weighted by Crippen LogP contribution is 2.46. The zero-order valence-electron chi connectivity index (χ0n) is 12.9. The minimum absolute atomic E-state index is 0.510. The van der Waals surface area contributed by atoms with E-state index in [0.29, 0.717) is 17.6 Å². The van der Waals surface area contributed by atoms with Gasteiger partial charge in [-0.25, -0.2) is 0 Å². The van der Waals surface area contributed by atoms with Gasteiger partial charge in [-0.1, -0.05) is 19.4 Å². The Morgan fingerprint density at radius 3 is 2.45 bits per heavy atom. The van der Waals surface area contributed by atoms with Crippen LogP contribution in [0.25, 0.3) is 0 Å². The molecule has 1 aromatic carbocycles. The minimum Gasteiger partial charge on any atom is -0.493 e. The summed E-state index contributed by atoms with van der Waals surface area (Å²) in [6, 6.07) is 4.10. The van der Waals surface area contributed by atoms with Crippen LogP contribution in [-0.2, 0) is 0 Å². The molecule has 1 saturated heterocycles. The van der Waals surface area contributed by atoms with Gasteiger partial charge in [0.1, 0.15) is 0 Å². The summed E-state index contributed by atoms with van der Waals surface area (Å²) in [4.78, 5) is 0. The molecule has 0 aliphatic carbocycles. The Kier molecular flexibility index (Phi) is 5.12. The highest BCUT2D eigenvalue weighted by Gasteiger charge is 2.29. The number of rotatable bonds is 5. The zero-order valence-corrected chi connectivity index (χ0v) is 12.9. The van der Waals surface area contributed by atoms with Gasteiger partial charge in [-0.05, 0) is 37.4 Å². The van der Waals surface area contributed by atoms with Crippen LogP contribution in [0.1, 0.15) is 31.2 Å². The van der Waals surface area contributed by atoms with E-state index in [0.717, 1.165) is 37.4 Å². The number of piperidine rings is 1. The molecule has 0 amide bonds. The molecule has 4 nitrogen and oxygen atoms in total. The van der Waals surface area contributed by atoms with Gasteiger partial charge in [0.05, 0.1) is 21.3 Å². The van der Waals surface area contributed by atoms with Crippen LogP contribution in [0.15, 0.2) is 12.1 Å². The van der Waals surface area contributed by atoms with Crippen LogP contribution in [0.2, 0.25) is 0 Å². The lowest BCUT2D eigenvalue weighted by Crippen LogP contribution is -2.35. The minimum atomic E-state index is 0.510. The molecular weight excluding hydrogens is 254 g/mol. The first-order chi connectivity index (χ1) is 9.76. The van der Waals surface area contributed by atoms with Gasteiger partial charge in [-0.3, -0.25) is 0 Å². The Balaban J connectivity index is 2.44. The third kappa shape index (κ3) is 2.70. The molecular formula is C16H25NO3. The number of ether oxygens (including phenoxy) is 3. The van der Waals surface area contributed by atoms with E-state index < -0.39 is 0 Å². The first-order valence-corrected chi connectivity index (χ1v) is 7.26. The van der Waals surface area contributed by atoms with Crippen molar-refractivity contribution in [2.75, 3.05) is 34.4 Å². The number of hydrogen-bond acceptors (Lipinski definition) is 4. The number of nitrogens with one attached hydrogen (secondary N) is 1. The first-order valence-electron chi connectivity index (χ1n) is 7.26. The molecule has 0 radical (unpaired) electrons. The average molecular weight is 279 g/mol. The summed E-state index contributed by atoms with van der Waals surface area (Å²) in [5.74, 6) is 3.37. The van der Waals surface area contributed by atoms with Gasteiger partial charge in [-0.2, -0.15) is 0 Å². The van der Waals surface area contributed by atoms with E-state index in [1.807, 2.05) is 6.07 Å². The molecule has 1 aliphatic rings. The summed E-state index contributed by atoms with van der Waals surface area (Å²) in [7, 11) is 5.00. The van der Waals surface area contributed by atoms with Crippen molar-refractivity contribution in [3.63, 3.8) is 0 Å². The molecule has 112 valence electrons. The Bertz CT molecular complexity index is 448. The third-order valence-electron chi connectivity index (χ3n) is 4.27. The summed E-state index contributed by atoms with van der Waals surface area (Å²) in [5, 5.41) is 3.48. The number of methoxy groups -OCH3 is 3. The van der Waals surface area contributed by atoms with Crippen molar-refractivity contribution in [1.29, 1.82) is 0 Å². The van der Waals surface area contributed by atoms with E-state index in [9.17, 15) is 0 Å². The SMILES string of the molecule is CCC1CNCCC1c1ccc(OC)c(OC)c1OC. The van der Waals surface area contributed by atoms with Crippen molar-refractivity contribution in [2.45, 2.75) is 25.7 Å². The van der Waals surface area contributed by atoms with Crippen LogP contribution >= 0.6 is 0 Å². The third-order valence-corrected chi connectivity index (χ3v) is 4.27. The van der Waals surface area contributed by atoms with E-state index in [2.05, 4.69) is 18.3 Å². The largest absolute Gasteiger partial charge is 0.493 e. The molecule has 2 atom stereocenters. The Morgan fingerprint density at radius 2 is 1.85 bits per heavy atom. The zero-order chi connectivity index (χ0) is 14.5. The van der Waals surface area contributed by atoms with Crippen molar-refractivity contribution in [2.24, 2.45) is 5.92 Å². The van der Waals surface area contributed by atoms with Gasteiger partial charge >= 0.3 is 0 Å². The van der Waals surface area contributed by atoms with Crippen molar-refractivity contribution < 1.29 is 14.2 Å². The van der Waals surface area contributed by atoms with Crippen molar-refractivity contribution >= 4 is 0 Å². The first kappa shape index (κ1) is 15.0. The molecule has 1 fully saturated rings. The van der Waals surface area contributed by atoms with Crippen LogP contribution in [-0.4, -0.2) is 34.4 Å². The second-order valence-electron chi connectivity index (χ2n) is 5.19. The van der Waals surface area contributed by atoms with Crippen LogP contribution < -0.4 is 19.5 Å². The molecule has 0 aromatic heterocycles. The van der Waals surface area contributed by atoms with Gasteiger partial charge in [0.25, 0.3) is 0 Å². The average Bonchev–Trinajstić information content (AvgIpc) is 2.53. The summed E-state index contributed by atoms with van der Waals surface area (Å²) >= 11 is 0. The molecule has 1 aromatic rings. The Hall–Kier alpha value is -1.42. The van der Waals surface area contributed by atoms with Crippen molar-refractivity contribution in [3.05, 3.63) is 17.7 Å². The highest BCUT2D eigenvalue weighted by molar-refractivity contribution is 5.57. The lowest BCUT2D eigenvalue weighted by molar-refractivity contribution is 0.293. The molecule has 1 N–H and O–H groups in total. The van der Waals surface area contributed by atoms with E-state index >= 15 is 0 Å². The summed E-state index contributed by atoms with van der Waals surface area (Å²) in [6.45, 7) is 4.37. The van der Waals surface area contributed by atoms with Crippen molar-refractivity contribution in [1.82, 2.24) is 5.32 Å². The maximum absolute atomic E-state index is 5.63. The number of benzene rings is 1. The van der Waals surface area contributed by atoms with Crippen LogP contribution in [0, 0.1) is 5.92 Å². The molecule has 2 unspecified atom stereocenters. The van der Waals surface area contributed by atoms with E-state index in [1.165, 1.54) is 5.56 Å². The second-order valence-corrected chi connectivity index (χ2v) is 5.19. The van der Waals surface area contributed by atoms with E-state index in [-0.39, 0.29) is 0 Å². The second kappa shape index (κ2) is 6.84. The van der Waals surface area contributed by atoms with Crippen LogP contribution in [0.5, 0.6) is 17.2 Å². The Morgan fingerprint density at radius 1 is 1.10 bits per heavy atom. The fourth-order valence-electron chi connectivity index (χ4n) is 3.18. The normalized spacial score (nSPS) is 22.4. The van der Waals surface area contributed by atoms with E-state index in [1.54, 1.807) is 21.3 Å². The van der Waals surface area contributed by atoms with Gasteiger partial charge < -0.3 is 19.5 Å².